The normalized spacial score (nSPS) is 27.2. The first-order valence-electron chi connectivity index (χ1n) is 10.0. The highest BCUT2D eigenvalue weighted by atomic mass is 32.1. The van der Waals surface area contributed by atoms with Gasteiger partial charge in [0.1, 0.15) is 6.04 Å². The van der Waals surface area contributed by atoms with Crippen LogP contribution in [-0.2, 0) is 27.0 Å². The van der Waals surface area contributed by atoms with Crippen LogP contribution in [0.25, 0.3) is 0 Å². The molecule has 2 heterocycles. The molecule has 0 spiro atoms. The predicted molar refractivity (Wildman–Crippen MR) is 107 cm³/mol. The van der Waals surface area contributed by atoms with E-state index in [0.29, 0.717) is 5.56 Å². The number of anilines is 1. The lowest BCUT2D eigenvalue weighted by Gasteiger charge is -2.26. The van der Waals surface area contributed by atoms with Crippen LogP contribution in [0.2, 0.25) is 0 Å². The number of amides is 3. The zero-order chi connectivity index (χ0) is 22.6. The number of hydrogen-bond donors (Lipinski definition) is 1. The third-order valence-corrected chi connectivity index (χ3v) is 7.17. The van der Waals surface area contributed by atoms with Gasteiger partial charge in [-0.3, -0.25) is 24.6 Å². The van der Waals surface area contributed by atoms with Crippen LogP contribution < -0.4 is 5.32 Å². The number of imide groups is 1. The molecule has 1 aromatic heterocycles. The van der Waals surface area contributed by atoms with E-state index in [-0.39, 0.29) is 34.7 Å². The molecule has 1 aromatic carbocycles. The minimum Gasteiger partial charge on any atom is -0.299 e. The lowest BCUT2D eigenvalue weighted by molar-refractivity contribution is -0.147. The Morgan fingerprint density at radius 1 is 1.09 bits per heavy atom. The van der Waals surface area contributed by atoms with E-state index in [1.165, 1.54) is 0 Å². The van der Waals surface area contributed by atoms with Gasteiger partial charge in [-0.1, -0.05) is 53.8 Å². The van der Waals surface area contributed by atoms with Crippen LogP contribution in [0.1, 0.15) is 17.0 Å². The Morgan fingerprint density at radius 3 is 2.28 bits per heavy atom. The number of benzene rings is 1. The number of nitrogens with one attached hydrogen (secondary N) is 1. The molecule has 3 aliphatic rings. The maximum absolute atomic E-state index is 13.2. The number of carbonyl (C=O) groups excluding carboxylic acids is 3. The largest absolute Gasteiger partial charge is 0.445 e. The van der Waals surface area contributed by atoms with Gasteiger partial charge in [0.25, 0.3) is 0 Å². The average Bonchev–Trinajstić information content (AvgIpc) is 3.52. The molecule has 5 rings (SSSR count). The first kappa shape index (κ1) is 20.8. The molecule has 1 aliphatic heterocycles. The van der Waals surface area contributed by atoms with Crippen LogP contribution in [0, 0.1) is 23.7 Å². The zero-order valence-electron chi connectivity index (χ0n) is 16.5. The van der Waals surface area contributed by atoms with Crippen molar-refractivity contribution in [3.63, 3.8) is 0 Å². The van der Waals surface area contributed by atoms with Crippen molar-refractivity contribution in [1.29, 1.82) is 0 Å². The van der Waals surface area contributed by atoms with E-state index in [9.17, 15) is 27.6 Å². The number of alkyl halides is 3. The van der Waals surface area contributed by atoms with Gasteiger partial charge in [-0.15, -0.1) is 10.2 Å². The van der Waals surface area contributed by atoms with Gasteiger partial charge in [0.2, 0.25) is 27.9 Å². The molecular weight excluding hydrogens is 445 g/mol. The summed E-state index contributed by atoms with van der Waals surface area (Å²) < 4.78 is 38.5. The average molecular weight is 462 g/mol. The summed E-state index contributed by atoms with van der Waals surface area (Å²) in [7, 11) is 0. The molecule has 3 amide bonds. The molecule has 166 valence electrons. The zero-order valence-corrected chi connectivity index (χ0v) is 17.3. The lowest BCUT2D eigenvalue weighted by Crippen LogP contribution is -2.49. The van der Waals surface area contributed by atoms with Crippen molar-refractivity contribution in [3.8, 4) is 0 Å². The molecule has 0 radical (unpaired) electrons. The molecule has 1 N–H and O–H groups in total. The Morgan fingerprint density at radius 2 is 1.72 bits per heavy atom. The second kappa shape index (κ2) is 7.51. The van der Waals surface area contributed by atoms with Crippen molar-refractivity contribution in [2.24, 2.45) is 23.7 Å². The molecule has 0 unspecified atom stereocenters. The Bertz CT molecular complexity index is 1090. The van der Waals surface area contributed by atoms with E-state index in [2.05, 4.69) is 15.5 Å². The van der Waals surface area contributed by atoms with E-state index in [1.54, 1.807) is 30.3 Å². The molecule has 2 fully saturated rings. The number of carbonyl (C=O) groups is 3. The van der Waals surface area contributed by atoms with Gasteiger partial charge >= 0.3 is 6.18 Å². The Labute approximate surface area is 184 Å². The van der Waals surface area contributed by atoms with Crippen LogP contribution in [0.3, 0.4) is 0 Å². The molecule has 32 heavy (non-hydrogen) atoms. The molecule has 1 saturated carbocycles. The van der Waals surface area contributed by atoms with Crippen molar-refractivity contribution < 1.29 is 27.6 Å². The summed E-state index contributed by atoms with van der Waals surface area (Å²) >= 11 is 0.186. The third-order valence-electron chi connectivity index (χ3n) is 6.29. The molecule has 7 nitrogen and oxygen atoms in total. The number of likely N-dealkylation sites (tertiary alicyclic amines) is 1. The number of halogens is 3. The second-order valence-corrected chi connectivity index (χ2v) is 9.13. The van der Waals surface area contributed by atoms with E-state index in [1.807, 2.05) is 12.2 Å². The number of hydrogen-bond acceptors (Lipinski definition) is 6. The molecule has 2 bridgehead atoms. The van der Waals surface area contributed by atoms with Crippen molar-refractivity contribution in [3.05, 3.63) is 53.1 Å². The summed E-state index contributed by atoms with van der Waals surface area (Å²) in [6.45, 7) is 0. The number of rotatable bonds is 5. The summed E-state index contributed by atoms with van der Waals surface area (Å²) in [4.78, 5) is 40.6. The molecule has 11 heteroatoms. The van der Waals surface area contributed by atoms with Gasteiger partial charge in [-0.05, 0) is 23.8 Å². The quantitative estimate of drug-likeness (QED) is 0.545. The number of nitrogens with zero attached hydrogens (tertiary/aromatic N) is 3. The van der Waals surface area contributed by atoms with Gasteiger partial charge in [0, 0.05) is 6.42 Å². The highest BCUT2D eigenvalue weighted by Crippen LogP contribution is 2.53. The number of allylic oxidation sites excluding steroid dienone is 2. The minimum atomic E-state index is -4.69. The summed E-state index contributed by atoms with van der Waals surface area (Å²) in [6, 6.07) is 7.61. The van der Waals surface area contributed by atoms with Gasteiger partial charge in [0.15, 0.2) is 0 Å². The first-order chi connectivity index (χ1) is 15.2. The van der Waals surface area contributed by atoms with Crippen molar-refractivity contribution in [2.45, 2.75) is 25.1 Å². The SMILES string of the molecule is O=C(Nc1nnc(C(F)(F)F)s1)[C@H](Cc1ccccc1)N1C(=O)[C@@H]2[C@H](C1=O)[C@H]1C=C[C@H]2C1. The van der Waals surface area contributed by atoms with E-state index in [0.717, 1.165) is 11.3 Å². The fraction of sp³-hybridized carbons (Fsp3) is 0.381. The van der Waals surface area contributed by atoms with Gasteiger partial charge in [-0.2, -0.15) is 13.2 Å². The van der Waals surface area contributed by atoms with Gasteiger partial charge < -0.3 is 0 Å². The first-order valence-corrected chi connectivity index (χ1v) is 10.9. The maximum atomic E-state index is 13.2. The minimum absolute atomic E-state index is 0.0237. The molecule has 2 aliphatic carbocycles. The van der Waals surface area contributed by atoms with Crippen LogP contribution in [0.4, 0.5) is 18.3 Å². The van der Waals surface area contributed by atoms with E-state index < -0.39 is 46.8 Å². The fourth-order valence-corrected chi connectivity index (χ4v) is 5.56. The highest BCUT2D eigenvalue weighted by Gasteiger charge is 2.61. The van der Waals surface area contributed by atoms with Crippen LogP contribution in [0.5, 0.6) is 0 Å². The second-order valence-electron chi connectivity index (χ2n) is 8.15. The lowest BCUT2D eigenvalue weighted by atomic mass is 9.85. The maximum Gasteiger partial charge on any atom is 0.445 e. The molecule has 2 aromatic rings. The molecular formula is C21H17F3N4O3S. The fourth-order valence-electron chi connectivity index (χ4n) is 4.95. The topological polar surface area (TPSA) is 92.3 Å². The van der Waals surface area contributed by atoms with Crippen molar-refractivity contribution in [1.82, 2.24) is 15.1 Å². The number of aromatic nitrogens is 2. The smallest absolute Gasteiger partial charge is 0.299 e. The third kappa shape index (κ3) is 3.40. The number of fused-ring (bicyclic) bond motifs is 5. The van der Waals surface area contributed by atoms with E-state index >= 15 is 0 Å². The Balaban J connectivity index is 1.43. The molecule has 5 atom stereocenters. The van der Waals surface area contributed by atoms with Crippen molar-refractivity contribution >= 4 is 34.2 Å². The van der Waals surface area contributed by atoms with Gasteiger partial charge in [-0.25, -0.2) is 0 Å². The monoisotopic (exact) mass is 462 g/mol. The summed E-state index contributed by atoms with van der Waals surface area (Å²) in [5, 5.41) is 7.22. The van der Waals surface area contributed by atoms with Crippen LogP contribution in [0.15, 0.2) is 42.5 Å². The van der Waals surface area contributed by atoms with Crippen LogP contribution >= 0.6 is 11.3 Å². The molecule has 1 saturated heterocycles. The van der Waals surface area contributed by atoms with Crippen molar-refractivity contribution in [2.75, 3.05) is 5.32 Å². The predicted octanol–water partition coefficient (Wildman–Crippen LogP) is 2.91. The Kier molecular flexibility index (Phi) is 4.88. The standard InChI is InChI=1S/C21H17F3N4O3S/c22-21(23,24)19-26-27-20(32-19)25-16(29)13(8-10-4-2-1-3-5-10)28-17(30)14-11-6-7-12(9-11)15(14)18(28)31/h1-7,11-15H,8-9H2,(H,25,27,29)/t11-,12-,13-,14-,15+/m0/s1. The Hall–Kier alpha value is -3.08. The van der Waals surface area contributed by atoms with Crippen LogP contribution in [-0.4, -0.2) is 38.9 Å². The summed E-state index contributed by atoms with van der Waals surface area (Å²) in [5.41, 5.74) is 0.708. The van der Waals surface area contributed by atoms with Gasteiger partial charge in [0.05, 0.1) is 11.8 Å². The summed E-state index contributed by atoms with van der Waals surface area (Å²) in [6.07, 6.45) is 0.00651. The van der Waals surface area contributed by atoms with E-state index in [4.69, 9.17) is 0 Å². The highest BCUT2D eigenvalue weighted by molar-refractivity contribution is 7.15. The summed E-state index contributed by atoms with van der Waals surface area (Å²) in [5.74, 6) is -2.60.